The number of aryl methyl sites for hydroxylation is 1. The van der Waals surface area contributed by atoms with Crippen molar-refractivity contribution in [1.82, 2.24) is 9.88 Å². The molecule has 1 aromatic heterocycles. The molecule has 0 saturated carbocycles. The number of ether oxygens (including phenoxy) is 2. The minimum absolute atomic E-state index is 0.0233. The Labute approximate surface area is 215 Å². The number of nitrogens with zero attached hydrogens (tertiary/aromatic N) is 2. The maximum Gasteiger partial charge on any atom is 0.254 e. The van der Waals surface area contributed by atoms with E-state index >= 15 is 0 Å². The highest BCUT2D eigenvalue weighted by Gasteiger charge is 2.29. The van der Waals surface area contributed by atoms with E-state index in [2.05, 4.69) is 5.32 Å². The van der Waals surface area contributed by atoms with Crippen LogP contribution in [0.15, 0.2) is 72.8 Å². The van der Waals surface area contributed by atoms with Crippen molar-refractivity contribution in [3.8, 4) is 22.8 Å². The number of hydrogen-bond donors (Lipinski definition) is 1. The zero-order chi connectivity index (χ0) is 25.4. The number of nitrogens with one attached hydrogen (secondary N) is 1. The second-order valence-electron chi connectivity index (χ2n) is 9.57. The summed E-state index contributed by atoms with van der Waals surface area (Å²) in [6.45, 7) is 3.25. The molecule has 0 radical (unpaired) electrons. The van der Waals surface area contributed by atoms with E-state index in [0.29, 0.717) is 48.7 Å². The molecule has 0 atom stereocenters. The summed E-state index contributed by atoms with van der Waals surface area (Å²) in [5.41, 5.74) is 4.95. The normalized spacial score (nSPS) is 15.1. The van der Waals surface area contributed by atoms with Crippen molar-refractivity contribution in [3.63, 3.8) is 0 Å². The zero-order valence-electron chi connectivity index (χ0n) is 20.6. The molecule has 0 unspecified atom stereocenters. The van der Waals surface area contributed by atoms with Gasteiger partial charge in [0.25, 0.3) is 5.91 Å². The van der Waals surface area contributed by atoms with Crippen molar-refractivity contribution in [2.75, 3.05) is 25.2 Å². The van der Waals surface area contributed by atoms with Crippen LogP contribution < -0.4 is 14.8 Å². The molecule has 7 heteroatoms. The van der Waals surface area contributed by atoms with Gasteiger partial charge in [-0.2, -0.15) is 0 Å². The molecule has 3 heterocycles. The molecule has 0 spiro atoms. The van der Waals surface area contributed by atoms with Gasteiger partial charge in [0.05, 0.1) is 16.8 Å². The van der Waals surface area contributed by atoms with Crippen molar-refractivity contribution in [3.05, 3.63) is 83.9 Å². The molecular formula is C30H27N3O4. The molecule has 37 heavy (non-hydrogen) atoms. The summed E-state index contributed by atoms with van der Waals surface area (Å²) >= 11 is 0. The Morgan fingerprint density at radius 1 is 0.919 bits per heavy atom. The number of pyridine rings is 1. The fourth-order valence-corrected chi connectivity index (χ4v) is 5.01. The molecule has 0 bridgehead atoms. The summed E-state index contributed by atoms with van der Waals surface area (Å²) in [6.07, 6.45) is 1.21. The summed E-state index contributed by atoms with van der Waals surface area (Å²) < 4.78 is 10.7. The standard InChI is InChI=1S/C30H27N3O4/c1-19-7-9-25-23(15-19)24(17-26(32-25)20-5-3-2-4-6-20)30(35)33-13-11-21(12-14-33)29(34)31-22-8-10-27-28(16-22)37-18-36-27/h2-10,15-17,21H,11-14,18H2,1H3,(H,31,34). The van der Waals surface area contributed by atoms with Crippen LogP contribution in [0, 0.1) is 12.8 Å². The smallest absolute Gasteiger partial charge is 0.254 e. The highest BCUT2D eigenvalue weighted by atomic mass is 16.7. The number of carbonyl (C=O) groups is 2. The number of anilines is 1. The van der Waals surface area contributed by atoms with Gasteiger partial charge in [0, 0.05) is 41.7 Å². The first-order chi connectivity index (χ1) is 18.0. The van der Waals surface area contributed by atoms with E-state index < -0.39 is 0 Å². The van der Waals surface area contributed by atoms with Gasteiger partial charge in [-0.15, -0.1) is 0 Å². The first-order valence-electron chi connectivity index (χ1n) is 12.5. The lowest BCUT2D eigenvalue weighted by Crippen LogP contribution is -2.41. The van der Waals surface area contributed by atoms with Crippen LogP contribution in [0.4, 0.5) is 5.69 Å². The predicted octanol–water partition coefficient (Wildman–Crippen LogP) is 5.43. The summed E-state index contributed by atoms with van der Waals surface area (Å²) in [5.74, 6) is 1.09. The molecule has 2 amide bonds. The van der Waals surface area contributed by atoms with E-state index in [9.17, 15) is 9.59 Å². The second kappa shape index (κ2) is 9.58. The molecule has 2 aliphatic heterocycles. The fraction of sp³-hybridized carbons (Fsp3) is 0.233. The number of amides is 2. The number of hydrogen-bond acceptors (Lipinski definition) is 5. The highest BCUT2D eigenvalue weighted by molar-refractivity contribution is 6.07. The van der Waals surface area contributed by atoms with Crippen LogP contribution in [-0.2, 0) is 4.79 Å². The maximum absolute atomic E-state index is 13.8. The summed E-state index contributed by atoms with van der Waals surface area (Å²) in [7, 11) is 0. The number of carbonyl (C=O) groups excluding carboxylic acids is 2. The highest BCUT2D eigenvalue weighted by Crippen LogP contribution is 2.35. The lowest BCUT2D eigenvalue weighted by molar-refractivity contribution is -0.121. The third-order valence-electron chi connectivity index (χ3n) is 7.06. The van der Waals surface area contributed by atoms with E-state index in [1.165, 1.54) is 0 Å². The largest absolute Gasteiger partial charge is 0.454 e. The predicted molar refractivity (Wildman–Crippen MR) is 142 cm³/mol. The van der Waals surface area contributed by atoms with Crippen LogP contribution in [0.25, 0.3) is 22.2 Å². The van der Waals surface area contributed by atoms with Crippen LogP contribution in [0.3, 0.4) is 0 Å². The van der Waals surface area contributed by atoms with Crippen molar-refractivity contribution in [1.29, 1.82) is 0 Å². The van der Waals surface area contributed by atoms with Gasteiger partial charge in [-0.3, -0.25) is 9.59 Å². The molecule has 6 rings (SSSR count). The average Bonchev–Trinajstić information content (AvgIpc) is 3.41. The first kappa shape index (κ1) is 23.0. The van der Waals surface area contributed by atoms with Gasteiger partial charge in [-0.1, -0.05) is 42.0 Å². The van der Waals surface area contributed by atoms with Crippen molar-refractivity contribution in [2.45, 2.75) is 19.8 Å². The zero-order valence-corrected chi connectivity index (χ0v) is 20.6. The number of rotatable bonds is 4. The number of aromatic nitrogens is 1. The van der Waals surface area contributed by atoms with E-state index in [-0.39, 0.29) is 24.5 Å². The van der Waals surface area contributed by atoms with Gasteiger partial charge >= 0.3 is 0 Å². The first-order valence-corrected chi connectivity index (χ1v) is 12.5. The van der Waals surface area contributed by atoms with E-state index in [1.807, 2.05) is 72.5 Å². The Hall–Kier alpha value is -4.39. The third-order valence-corrected chi connectivity index (χ3v) is 7.06. The molecule has 1 saturated heterocycles. The molecule has 1 N–H and O–H groups in total. The lowest BCUT2D eigenvalue weighted by Gasteiger charge is -2.31. The molecule has 7 nitrogen and oxygen atoms in total. The van der Waals surface area contributed by atoms with Gasteiger partial charge in [0.1, 0.15) is 0 Å². The van der Waals surface area contributed by atoms with Gasteiger partial charge < -0.3 is 19.7 Å². The van der Waals surface area contributed by atoms with Gasteiger partial charge in [0.2, 0.25) is 12.7 Å². The fourth-order valence-electron chi connectivity index (χ4n) is 5.01. The SMILES string of the molecule is Cc1ccc2nc(-c3ccccc3)cc(C(=O)N3CCC(C(=O)Nc4ccc5c(c4)OCO5)CC3)c2c1. The Bertz CT molecular complexity index is 1490. The lowest BCUT2D eigenvalue weighted by atomic mass is 9.94. The van der Waals surface area contributed by atoms with Crippen LogP contribution in [0.5, 0.6) is 11.5 Å². The molecule has 186 valence electrons. The molecule has 0 aliphatic carbocycles. The molecule has 2 aliphatic rings. The quantitative estimate of drug-likeness (QED) is 0.410. The summed E-state index contributed by atoms with van der Waals surface area (Å²) in [5, 5.41) is 3.84. The number of fused-ring (bicyclic) bond motifs is 2. The summed E-state index contributed by atoms with van der Waals surface area (Å²) in [6, 6.07) is 23.2. The number of piperidine rings is 1. The molecule has 4 aromatic rings. The molecule has 3 aromatic carbocycles. The van der Waals surface area contributed by atoms with E-state index in [4.69, 9.17) is 14.5 Å². The van der Waals surface area contributed by atoms with Crippen molar-refractivity contribution in [2.24, 2.45) is 5.92 Å². The number of likely N-dealkylation sites (tertiary alicyclic amines) is 1. The van der Waals surface area contributed by atoms with Crippen LogP contribution in [0.2, 0.25) is 0 Å². The van der Waals surface area contributed by atoms with Gasteiger partial charge in [0.15, 0.2) is 11.5 Å². The average molecular weight is 494 g/mol. The molecular weight excluding hydrogens is 466 g/mol. The van der Waals surface area contributed by atoms with E-state index in [0.717, 1.165) is 27.7 Å². The Kier molecular flexibility index (Phi) is 5.96. The van der Waals surface area contributed by atoms with E-state index in [1.54, 1.807) is 12.1 Å². The Morgan fingerprint density at radius 3 is 2.51 bits per heavy atom. The Morgan fingerprint density at radius 2 is 1.70 bits per heavy atom. The monoisotopic (exact) mass is 493 g/mol. The number of benzene rings is 3. The minimum atomic E-state index is -0.161. The molecule has 1 fully saturated rings. The van der Waals surface area contributed by atoms with Crippen molar-refractivity contribution < 1.29 is 19.1 Å². The Balaban J connectivity index is 1.19. The van der Waals surface area contributed by atoms with Gasteiger partial charge in [-0.05, 0) is 50.1 Å². The topological polar surface area (TPSA) is 80.8 Å². The van der Waals surface area contributed by atoms with Gasteiger partial charge in [-0.25, -0.2) is 4.98 Å². The van der Waals surface area contributed by atoms with Crippen LogP contribution in [0.1, 0.15) is 28.8 Å². The maximum atomic E-state index is 13.8. The van der Waals surface area contributed by atoms with Crippen molar-refractivity contribution >= 4 is 28.4 Å². The second-order valence-corrected chi connectivity index (χ2v) is 9.57. The van der Waals surface area contributed by atoms with Crippen LogP contribution >= 0.6 is 0 Å². The summed E-state index contributed by atoms with van der Waals surface area (Å²) in [4.78, 5) is 33.4. The third kappa shape index (κ3) is 4.60. The van der Waals surface area contributed by atoms with Crippen LogP contribution in [-0.4, -0.2) is 41.6 Å². The minimum Gasteiger partial charge on any atom is -0.454 e.